The predicted octanol–water partition coefficient (Wildman–Crippen LogP) is 1.69. The van der Waals surface area contributed by atoms with Crippen molar-refractivity contribution in [3.05, 3.63) is 0 Å². The van der Waals surface area contributed by atoms with Crippen LogP contribution < -0.4 is 5.32 Å². The second kappa shape index (κ2) is 8.16. The number of nitrogens with zero attached hydrogens (tertiary/aromatic N) is 3. The van der Waals surface area contributed by atoms with E-state index in [2.05, 4.69) is 22.0 Å². The lowest BCUT2D eigenvalue weighted by molar-refractivity contribution is 0.117. The molecule has 22 heavy (non-hydrogen) atoms. The van der Waals surface area contributed by atoms with Crippen molar-refractivity contribution in [2.45, 2.75) is 57.6 Å². The molecular formula is C17H32N4O. The van der Waals surface area contributed by atoms with Gasteiger partial charge in [0.05, 0.1) is 12.6 Å². The average molecular weight is 308 g/mol. The van der Waals surface area contributed by atoms with Crippen molar-refractivity contribution >= 4 is 5.96 Å². The summed E-state index contributed by atoms with van der Waals surface area (Å²) in [5.41, 5.74) is 0. The maximum atomic E-state index is 5.70. The van der Waals surface area contributed by atoms with Gasteiger partial charge in [0, 0.05) is 32.3 Å². The Morgan fingerprint density at radius 2 is 2.00 bits per heavy atom. The molecule has 5 nitrogen and oxygen atoms in total. The molecule has 3 rings (SSSR count). The van der Waals surface area contributed by atoms with Crippen molar-refractivity contribution in [2.24, 2.45) is 4.99 Å². The highest BCUT2D eigenvalue weighted by molar-refractivity contribution is 5.80. The molecule has 3 heterocycles. The van der Waals surface area contributed by atoms with Crippen molar-refractivity contribution in [3.8, 4) is 0 Å². The maximum Gasteiger partial charge on any atom is 0.194 e. The molecule has 0 radical (unpaired) electrons. The molecule has 3 saturated heterocycles. The molecule has 0 spiro atoms. The minimum atomic E-state index is 0.342. The van der Waals surface area contributed by atoms with E-state index >= 15 is 0 Å². The highest BCUT2D eigenvalue weighted by Crippen LogP contribution is 2.20. The van der Waals surface area contributed by atoms with Crippen LogP contribution in [0.3, 0.4) is 0 Å². The van der Waals surface area contributed by atoms with Gasteiger partial charge in [-0.15, -0.1) is 0 Å². The van der Waals surface area contributed by atoms with E-state index in [1.807, 2.05) is 0 Å². The molecule has 126 valence electrons. The van der Waals surface area contributed by atoms with E-state index < -0.39 is 0 Å². The molecule has 3 aliphatic heterocycles. The second-order valence-corrected chi connectivity index (χ2v) is 6.81. The molecule has 0 aromatic heterocycles. The Bertz CT molecular complexity index is 362. The monoisotopic (exact) mass is 308 g/mol. The van der Waals surface area contributed by atoms with Gasteiger partial charge in [-0.05, 0) is 52.1 Å². The lowest BCUT2D eigenvalue weighted by atomic mass is 10.1. The van der Waals surface area contributed by atoms with Gasteiger partial charge >= 0.3 is 0 Å². The van der Waals surface area contributed by atoms with Gasteiger partial charge < -0.3 is 15.0 Å². The van der Waals surface area contributed by atoms with Crippen LogP contribution in [0.15, 0.2) is 4.99 Å². The average Bonchev–Trinajstić information content (AvgIpc) is 3.24. The van der Waals surface area contributed by atoms with Crippen molar-refractivity contribution < 1.29 is 4.74 Å². The summed E-state index contributed by atoms with van der Waals surface area (Å²) in [6.07, 6.45) is 8.15. The first-order valence-corrected chi connectivity index (χ1v) is 9.25. The highest BCUT2D eigenvalue weighted by atomic mass is 16.5. The Balaban J connectivity index is 1.53. The molecule has 0 aromatic rings. The fraction of sp³-hybridized carbons (Fsp3) is 0.941. The molecule has 1 N–H and O–H groups in total. The summed E-state index contributed by atoms with van der Waals surface area (Å²) in [5, 5.41) is 3.47. The first kappa shape index (κ1) is 16.1. The summed E-state index contributed by atoms with van der Waals surface area (Å²) in [6, 6.07) is 0.729. The number of aliphatic imine (C=N–C) groups is 1. The maximum absolute atomic E-state index is 5.70. The largest absolute Gasteiger partial charge is 0.376 e. The summed E-state index contributed by atoms with van der Waals surface area (Å²) >= 11 is 0. The molecule has 2 unspecified atom stereocenters. The van der Waals surface area contributed by atoms with E-state index in [9.17, 15) is 0 Å². The molecule has 5 heteroatoms. The molecule has 0 bridgehead atoms. The van der Waals surface area contributed by atoms with Gasteiger partial charge in [-0.1, -0.05) is 6.42 Å². The minimum Gasteiger partial charge on any atom is -0.376 e. The van der Waals surface area contributed by atoms with Crippen molar-refractivity contribution in [3.63, 3.8) is 0 Å². The fourth-order valence-corrected chi connectivity index (χ4v) is 3.92. The Hall–Kier alpha value is -0.810. The van der Waals surface area contributed by atoms with Crippen LogP contribution >= 0.6 is 0 Å². The SMILES string of the molecule is CCNC(=NCC1CCCO1)N1CCC(N2CCCCC2)C1. The molecule has 0 saturated carbocycles. The summed E-state index contributed by atoms with van der Waals surface area (Å²) in [6.45, 7) is 9.68. The Morgan fingerprint density at radius 3 is 2.73 bits per heavy atom. The van der Waals surface area contributed by atoms with Crippen molar-refractivity contribution in [1.29, 1.82) is 0 Å². The smallest absolute Gasteiger partial charge is 0.194 e. The number of guanidine groups is 1. The number of ether oxygens (including phenoxy) is 1. The molecule has 3 fully saturated rings. The number of likely N-dealkylation sites (tertiary alicyclic amines) is 2. The number of hydrogen-bond donors (Lipinski definition) is 1. The van der Waals surface area contributed by atoms with E-state index in [-0.39, 0.29) is 0 Å². The molecule has 0 amide bonds. The first-order valence-electron chi connectivity index (χ1n) is 9.25. The van der Waals surface area contributed by atoms with Gasteiger partial charge in [-0.2, -0.15) is 0 Å². The second-order valence-electron chi connectivity index (χ2n) is 6.81. The zero-order valence-electron chi connectivity index (χ0n) is 14.1. The van der Waals surface area contributed by atoms with Gasteiger partial charge in [0.2, 0.25) is 0 Å². The third-order valence-corrected chi connectivity index (χ3v) is 5.17. The summed E-state index contributed by atoms with van der Waals surface area (Å²) in [4.78, 5) is 10.0. The fourth-order valence-electron chi connectivity index (χ4n) is 3.92. The molecule has 0 aliphatic carbocycles. The Morgan fingerprint density at radius 1 is 1.14 bits per heavy atom. The summed E-state index contributed by atoms with van der Waals surface area (Å²) < 4.78 is 5.70. The quantitative estimate of drug-likeness (QED) is 0.634. The van der Waals surface area contributed by atoms with Gasteiger partial charge in [0.1, 0.15) is 0 Å². The molecule has 3 aliphatic rings. The van der Waals surface area contributed by atoms with E-state index in [0.29, 0.717) is 6.10 Å². The number of rotatable bonds is 4. The summed E-state index contributed by atoms with van der Waals surface area (Å²) in [5.74, 6) is 1.09. The van der Waals surface area contributed by atoms with E-state index in [1.54, 1.807) is 0 Å². The van der Waals surface area contributed by atoms with E-state index in [1.165, 1.54) is 51.6 Å². The highest BCUT2D eigenvalue weighted by Gasteiger charge is 2.30. The Kier molecular flexibility index (Phi) is 5.96. The van der Waals surface area contributed by atoms with Crippen LogP contribution in [0.25, 0.3) is 0 Å². The van der Waals surface area contributed by atoms with Crippen LogP contribution in [0.2, 0.25) is 0 Å². The van der Waals surface area contributed by atoms with Crippen LogP contribution in [-0.2, 0) is 4.74 Å². The molecule has 2 atom stereocenters. The topological polar surface area (TPSA) is 40.1 Å². The van der Waals surface area contributed by atoms with Crippen molar-refractivity contribution in [2.75, 3.05) is 45.9 Å². The third-order valence-electron chi connectivity index (χ3n) is 5.17. The van der Waals surface area contributed by atoms with E-state index in [0.717, 1.165) is 44.8 Å². The zero-order chi connectivity index (χ0) is 15.2. The van der Waals surface area contributed by atoms with Crippen molar-refractivity contribution in [1.82, 2.24) is 15.1 Å². The lowest BCUT2D eigenvalue weighted by Gasteiger charge is -2.32. The van der Waals surface area contributed by atoms with Crippen LogP contribution in [0.5, 0.6) is 0 Å². The zero-order valence-corrected chi connectivity index (χ0v) is 14.1. The van der Waals surface area contributed by atoms with E-state index in [4.69, 9.17) is 9.73 Å². The first-order chi connectivity index (χ1) is 10.9. The lowest BCUT2D eigenvalue weighted by Crippen LogP contribution is -2.44. The van der Waals surface area contributed by atoms with Gasteiger partial charge in [0.15, 0.2) is 5.96 Å². The van der Waals surface area contributed by atoms with Crippen LogP contribution in [0, 0.1) is 0 Å². The van der Waals surface area contributed by atoms with Gasteiger partial charge in [0.25, 0.3) is 0 Å². The Labute approximate surface area is 135 Å². The molecular weight excluding hydrogens is 276 g/mol. The van der Waals surface area contributed by atoms with Gasteiger partial charge in [-0.25, -0.2) is 0 Å². The normalized spacial score (nSPS) is 31.0. The number of hydrogen-bond acceptors (Lipinski definition) is 3. The minimum absolute atomic E-state index is 0.342. The standard InChI is InChI=1S/C17H32N4O/c1-2-18-17(19-13-16-7-6-12-22-16)21-11-8-15(14-21)20-9-4-3-5-10-20/h15-16H,2-14H2,1H3,(H,18,19). The number of piperidine rings is 1. The molecule has 0 aromatic carbocycles. The number of nitrogens with one attached hydrogen (secondary N) is 1. The summed E-state index contributed by atoms with van der Waals surface area (Å²) in [7, 11) is 0. The predicted molar refractivity (Wildman–Crippen MR) is 90.4 cm³/mol. The van der Waals surface area contributed by atoms with Crippen LogP contribution in [-0.4, -0.2) is 73.8 Å². The van der Waals surface area contributed by atoms with Crippen LogP contribution in [0.1, 0.15) is 45.4 Å². The van der Waals surface area contributed by atoms with Crippen LogP contribution in [0.4, 0.5) is 0 Å². The third kappa shape index (κ3) is 4.13. The van der Waals surface area contributed by atoms with Gasteiger partial charge in [-0.3, -0.25) is 9.89 Å².